The van der Waals surface area contributed by atoms with Crippen LogP contribution in [0.5, 0.6) is 0 Å². The number of nitrogens with one attached hydrogen (secondary N) is 1. The lowest BCUT2D eigenvalue weighted by Crippen LogP contribution is -2.44. The molecule has 0 saturated carbocycles. The molecule has 0 radical (unpaired) electrons. The molecule has 0 aliphatic carbocycles. The second kappa shape index (κ2) is 10.2. The molecule has 180 valence electrons. The summed E-state index contributed by atoms with van der Waals surface area (Å²) < 4.78 is 29.5. The zero-order chi connectivity index (χ0) is 25.1. The van der Waals surface area contributed by atoms with Gasteiger partial charge in [0, 0.05) is 28.1 Å². The second-order valence-electron chi connectivity index (χ2n) is 8.27. The highest BCUT2D eigenvalue weighted by atomic mass is 35.5. The maximum absolute atomic E-state index is 15.2. The Hall–Kier alpha value is -3.78. The molecule has 3 aromatic rings. The first-order valence-corrected chi connectivity index (χ1v) is 11.3. The minimum absolute atomic E-state index is 0.101. The molecule has 0 unspecified atom stereocenters. The predicted octanol–water partition coefficient (Wildman–Crippen LogP) is 4.37. The average Bonchev–Trinajstić information content (AvgIpc) is 3.23. The number of carbonyl (C=O) groups excluding carboxylic acids is 3. The van der Waals surface area contributed by atoms with E-state index in [1.165, 1.54) is 24.3 Å². The van der Waals surface area contributed by atoms with E-state index < -0.39 is 35.8 Å². The van der Waals surface area contributed by atoms with Crippen LogP contribution in [0.15, 0.2) is 66.7 Å². The van der Waals surface area contributed by atoms with Crippen LogP contribution in [0.2, 0.25) is 5.02 Å². The minimum Gasteiger partial charge on any atom is -0.366 e. The summed E-state index contributed by atoms with van der Waals surface area (Å²) in [5.41, 5.74) is 6.59. The number of nitrogens with two attached hydrogens (primary N) is 1. The van der Waals surface area contributed by atoms with Crippen molar-refractivity contribution in [2.24, 2.45) is 5.73 Å². The number of nitrogens with zero attached hydrogens (tertiary/aromatic N) is 1. The van der Waals surface area contributed by atoms with Gasteiger partial charge in [-0.3, -0.25) is 14.4 Å². The highest BCUT2D eigenvalue weighted by molar-refractivity contribution is 6.33. The number of alkyl halides is 1. The summed E-state index contributed by atoms with van der Waals surface area (Å²) in [6.45, 7) is -0.255. The van der Waals surface area contributed by atoms with Gasteiger partial charge in [0.25, 0.3) is 0 Å². The van der Waals surface area contributed by atoms with Crippen molar-refractivity contribution in [1.82, 2.24) is 4.90 Å². The fourth-order valence-electron chi connectivity index (χ4n) is 4.15. The van der Waals surface area contributed by atoms with Crippen molar-refractivity contribution in [2.45, 2.75) is 25.1 Å². The molecule has 0 aromatic heterocycles. The van der Waals surface area contributed by atoms with Crippen molar-refractivity contribution in [3.05, 3.63) is 88.7 Å². The molecule has 1 aliphatic rings. The number of hydrogen-bond acceptors (Lipinski definition) is 3. The average molecular weight is 498 g/mol. The summed E-state index contributed by atoms with van der Waals surface area (Å²) in [4.78, 5) is 38.5. The molecule has 3 aromatic carbocycles. The molecule has 1 heterocycles. The van der Waals surface area contributed by atoms with E-state index in [2.05, 4.69) is 5.32 Å². The molecule has 0 bridgehead atoms. The van der Waals surface area contributed by atoms with Gasteiger partial charge in [-0.1, -0.05) is 54.1 Å². The Labute approximate surface area is 205 Å². The van der Waals surface area contributed by atoms with E-state index in [1.54, 1.807) is 42.5 Å². The van der Waals surface area contributed by atoms with E-state index in [1.807, 2.05) is 0 Å². The Bertz CT molecular complexity index is 1300. The highest BCUT2D eigenvalue weighted by Crippen LogP contribution is 2.33. The number of hydrogen-bond donors (Lipinski definition) is 2. The van der Waals surface area contributed by atoms with E-state index in [4.69, 9.17) is 17.3 Å². The maximum Gasteiger partial charge on any atom is 0.248 e. The van der Waals surface area contributed by atoms with Gasteiger partial charge in [0.2, 0.25) is 17.7 Å². The van der Waals surface area contributed by atoms with Crippen LogP contribution in [0.4, 0.5) is 14.5 Å². The Morgan fingerprint density at radius 2 is 1.74 bits per heavy atom. The van der Waals surface area contributed by atoms with Gasteiger partial charge in [0.15, 0.2) is 5.82 Å². The van der Waals surface area contributed by atoms with Crippen LogP contribution in [-0.2, 0) is 16.0 Å². The molecule has 35 heavy (non-hydrogen) atoms. The third-order valence-electron chi connectivity index (χ3n) is 5.86. The maximum atomic E-state index is 15.2. The van der Waals surface area contributed by atoms with Crippen LogP contribution >= 0.6 is 11.6 Å². The molecule has 1 fully saturated rings. The van der Waals surface area contributed by atoms with Gasteiger partial charge in [-0.25, -0.2) is 8.78 Å². The number of likely N-dealkylation sites (tertiary alicyclic amines) is 1. The lowest BCUT2D eigenvalue weighted by Gasteiger charge is -2.24. The molecule has 1 aliphatic heterocycles. The van der Waals surface area contributed by atoms with Crippen LogP contribution in [-0.4, -0.2) is 41.4 Å². The Morgan fingerprint density at radius 1 is 1.03 bits per heavy atom. The topological polar surface area (TPSA) is 92.5 Å². The van der Waals surface area contributed by atoms with Crippen molar-refractivity contribution in [3.63, 3.8) is 0 Å². The summed E-state index contributed by atoms with van der Waals surface area (Å²) in [5, 5.41) is 2.85. The van der Waals surface area contributed by atoms with Crippen molar-refractivity contribution < 1.29 is 23.2 Å². The molecular formula is C26H22ClF2N3O3. The third-order valence-corrected chi connectivity index (χ3v) is 6.19. The smallest absolute Gasteiger partial charge is 0.248 e. The summed E-state index contributed by atoms with van der Waals surface area (Å²) in [6.07, 6.45) is -1.75. The lowest BCUT2D eigenvalue weighted by atomic mass is 10.0. The first kappa shape index (κ1) is 24.3. The summed E-state index contributed by atoms with van der Waals surface area (Å²) >= 11 is 6.19. The van der Waals surface area contributed by atoms with E-state index >= 15 is 4.39 Å². The largest absolute Gasteiger partial charge is 0.366 e. The lowest BCUT2D eigenvalue weighted by molar-refractivity contribution is -0.136. The standard InChI is InChI=1S/C26H22ClF2N3O3/c27-20-9-2-1-7-18(20)19-8-4-10-21(24(19)29)31-26(35)22-13-17(28)14-32(22)23(33)12-15-5-3-6-16(11-15)25(30)34/h1-11,17,22H,12-14H2,(H2,30,34)(H,31,35)/t17-,22+/m1/s1. The van der Waals surface area contributed by atoms with Gasteiger partial charge in [0.1, 0.15) is 12.2 Å². The van der Waals surface area contributed by atoms with Gasteiger partial charge in [-0.2, -0.15) is 0 Å². The summed E-state index contributed by atoms with van der Waals surface area (Å²) in [7, 11) is 0. The van der Waals surface area contributed by atoms with Gasteiger partial charge >= 0.3 is 0 Å². The van der Waals surface area contributed by atoms with Crippen LogP contribution < -0.4 is 11.1 Å². The predicted molar refractivity (Wildman–Crippen MR) is 129 cm³/mol. The normalized spacial score (nSPS) is 17.3. The number of rotatable bonds is 6. The van der Waals surface area contributed by atoms with Crippen molar-refractivity contribution in [2.75, 3.05) is 11.9 Å². The molecule has 4 rings (SSSR count). The van der Waals surface area contributed by atoms with Crippen molar-refractivity contribution in [3.8, 4) is 11.1 Å². The number of amides is 3. The molecule has 6 nitrogen and oxygen atoms in total. The van der Waals surface area contributed by atoms with E-state index in [0.29, 0.717) is 16.1 Å². The van der Waals surface area contributed by atoms with E-state index in [0.717, 1.165) is 4.90 Å². The van der Waals surface area contributed by atoms with Gasteiger partial charge in [-0.15, -0.1) is 0 Å². The van der Waals surface area contributed by atoms with Crippen LogP contribution in [0.25, 0.3) is 11.1 Å². The monoisotopic (exact) mass is 497 g/mol. The molecular weight excluding hydrogens is 476 g/mol. The highest BCUT2D eigenvalue weighted by Gasteiger charge is 2.40. The van der Waals surface area contributed by atoms with Crippen molar-refractivity contribution >= 4 is 35.0 Å². The fourth-order valence-corrected chi connectivity index (χ4v) is 4.39. The minimum atomic E-state index is -1.40. The first-order valence-electron chi connectivity index (χ1n) is 10.9. The molecule has 3 N–H and O–H groups in total. The van der Waals surface area contributed by atoms with E-state index in [-0.39, 0.29) is 36.2 Å². The molecule has 2 atom stereocenters. The zero-order valence-electron chi connectivity index (χ0n) is 18.5. The van der Waals surface area contributed by atoms with Gasteiger partial charge in [-0.05, 0) is 29.8 Å². The van der Waals surface area contributed by atoms with Crippen molar-refractivity contribution in [1.29, 1.82) is 0 Å². The number of primary amides is 1. The summed E-state index contributed by atoms with van der Waals surface area (Å²) in [6, 6.07) is 16.3. The van der Waals surface area contributed by atoms with Gasteiger partial charge in [0.05, 0.1) is 18.7 Å². The zero-order valence-corrected chi connectivity index (χ0v) is 19.3. The fraction of sp³-hybridized carbons (Fsp3) is 0.192. The van der Waals surface area contributed by atoms with Crippen LogP contribution in [0.1, 0.15) is 22.3 Å². The number of carbonyl (C=O) groups is 3. The first-order chi connectivity index (χ1) is 16.7. The second-order valence-corrected chi connectivity index (χ2v) is 8.68. The molecule has 3 amide bonds. The Kier molecular flexibility index (Phi) is 7.12. The third kappa shape index (κ3) is 5.33. The quantitative estimate of drug-likeness (QED) is 0.530. The molecule has 1 saturated heterocycles. The number of halogens is 3. The SMILES string of the molecule is NC(=O)c1cccc(CC(=O)N2C[C@H](F)C[C@H]2C(=O)Nc2cccc(-c3ccccc3Cl)c2F)c1. The molecule has 9 heteroatoms. The van der Waals surface area contributed by atoms with Crippen LogP contribution in [0, 0.1) is 5.82 Å². The molecule has 0 spiro atoms. The number of anilines is 1. The van der Waals surface area contributed by atoms with E-state index in [9.17, 15) is 18.8 Å². The summed E-state index contributed by atoms with van der Waals surface area (Å²) in [5.74, 6) is -2.51. The van der Waals surface area contributed by atoms with Crippen LogP contribution in [0.3, 0.4) is 0 Å². The Morgan fingerprint density at radius 3 is 2.49 bits per heavy atom. The van der Waals surface area contributed by atoms with Gasteiger partial charge < -0.3 is 16.0 Å². The number of benzene rings is 3. The Balaban J connectivity index is 1.52.